The Bertz CT molecular complexity index is 391. The lowest BCUT2D eigenvalue weighted by Crippen LogP contribution is -2.44. The quantitative estimate of drug-likeness (QED) is 0.660. The van der Waals surface area contributed by atoms with Crippen molar-refractivity contribution in [3.05, 3.63) is 0 Å². The van der Waals surface area contributed by atoms with Crippen LogP contribution in [-0.2, 0) is 14.4 Å². The number of carbonyl (C=O) groups is 3. The van der Waals surface area contributed by atoms with E-state index in [0.717, 1.165) is 25.7 Å². The zero-order valence-electron chi connectivity index (χ0n) is 13.0. The largest absolute Gasteiger partial charge is 0.481 e. The van der Waals surface area contributed by atoms with Gasteiger partial charge in [0.25, 0.3) is 0 Å². The average Bonchev–Trinajstić information content (AvgIpc) is 2.90. The lowest BCUT2D eigenvalue weighted by molar-refractivity contribution is -0.142. The number of hydrogen-bond donors (Lipinski definition) is 3. The zero-order chi connectivity index (χ0) is 16.0. The molecule has 0 aromatic carbocycles. The minimum Gasteiger partial charge on any atom is -0.481 e. The van der Waals surface area contributed by atoms with E-state index in [2.05, 4.69) is 10.6 Å². The summed E-state index contributed by atoms with van der Waals surface area (Å²) >= 11 is 0. The van der Waals surface area contributed by atoms with Gasteiger partial charge in [-0.2, -0.15) is 0 Å². The van der Waals surface area contributed by atoms with Crippen molar-refractivity contribution in [1.29, 1.82) is 0 Å². The fraction of sp³-hybridized carbons (Fsp3) is 0.800. The highest BCUT2D eigenvalue weighted by Gasteiger charge is 2.25. The fourth-order valence-corrected chi connectivity index (χ4v) is 2.53. The summed E-state index contributed by atoms with van der Waals surface area (Å²) < 4.78 is 0. The average molecular weight is 298 g/mol. The van der Waals surface area contributed by atoms with Gasteiger partial charge in [0.15, 0.2) is 0 Å². The van der Waals surface area contributed by atoms with Gasteiger partial charge in [-0.3, -0.25) is 14.4 Å². The molecule has 3 N–H and O–H groups in total. The highest BCUT2D eigenvalue weighted by atomic mass is 16.4. The van der Waals surface area contributed by atoms with Crippen LogP contribution in [0.15, 0.2) is 0 Å². The molecule has 120 valence electrons. The molecule has 3 unspecified atom stereocenters. The smallest absolute Gasteiger partial charge is 0.308 e. The molecular formula is C15H26N2O4. The van der Waals surface area contributed by atoms with E-state index in [0.29, 0.717) is 0 Å². The molecule has 2 amide bonds. The Kier molecular flexibility index (Phi) is 6.65. The third-order valence-electron chi connectivity index (χ3n) is 4.13. The maximum atomic E-state index is 11.9. The minimum atomic E-state index is -0.939. The Balaban J connectivity index is 2.33. The molecule has 0 aliphatic heterocycles. The van der Waals surface area contributed by atoms with Crippen molar-refractivity contribution < 1.29 is 19.5 Å². The monoisotopic (exact) mass is 298 g/mol. The molecular weight excluding hydrogens is 272 g/mol. The lowest BCUT2D eigenvalue weighted by atomic mass is 10.0. The van der Waals surface area contributed by atoms with Crippen LogP contribution in [0.4, 0.5) is 0 Å². The van der Waals surface area contributed by atoms with Crippen LogP contribution >= 0.6 is 0 Å². The molecule has 6 nitrogen and oxygen atoms in total. The Hall–Kier alpha value is -1.59. The van der Waals surface area contributed by atoms with Crippen LogP contribution in [0, 0.1) is 11.8 Å². The predicted molar refractivity (Wildman–Crippen MR) is 78.6 cm³/mol. The third-order valence-corrected chi connectivity index (χ3v) is 4.13. The number of amides is 2. The van der Waals surface area contributed by atoms with Crippen LogP contribution in [0.3, 0.4) is 0 Å². The molecule has 0 radical (unpaired) electrons. The summed E-state index contributed by atoms with van der Waals surface area (Å²) in [6.07, 6.45) is 4.21. The number of nitrogens with one attached hydrogen (secondary N) is 2. The molecule has 6 heteroatoms. The summed E-state index contributed by atoms with van der Waals surface area (Å²) in [4.78, 5) is 34.6. The first-order chi connectivity index (χ1) is 9.81. The second-order valence-corrected chi connectivity index (χ2v) is 6.08. The minimum absolute atomic E-state index is 0.0275. The molecule has 1 fully saturated rings. The van der Waals surface area contributed by atoms with E-state index < -0.39 is 17.9 Å². The summed E-state index contributed by atoms with van der Waals surface area (Å²) in [5.74, 6) is -1.71. The summed E-state index contributed by atoms with van der Waals surface area (Å²) in [6, 6.07) is -0.682. The molecule has 1 aliphatic carbocycles. The van der Waals surface area contributed by atoms with Crippen LogP contribution in [-0.4, -0.2) is 35.0 Å². The summed E-state index contributed by atoms with van der Waals surface area (Å²) in [5.41, 5.74) is 0. The van der Waals surface area contributed by atoms with Crippen LogP contribution in [0.2, 0.25) is 0 Å². The van der Waals surface area contributed by atoms with Gasteiger partial charge in [-0.1, -0.05) is 12.8 Å². The Morgan fingerprint density at radius 2 is 1.67 bits per heavy atom. The Morgan fingerprint density at radius 3 is 2.19 bits per heavy atom. The molecule has 0 heterocycles. The van der Waals surface area contributed by atoms with E-state index in [-0.39, 0.29) is 30.2 Å². The van der Waals surface area contributed by atoms with E-state index in [1.807, 2.05) is 0 Å². The van der Waals surface area contributed by atoms with Gasteiger partial charge < -0.3 is 15.7 Å². The lowest BCUT2D eigenvalue weighted by Gasteiger charge is -2.20. The van der Waals surface area contributed by atoms with Gasteiger partial charge in [0, 0.05) is 24.4 Å². The highest BCUT2D eigenvalue weighted by molar-refractivity contribution is 5.81. The van der Waals surface area contributed by atoms with Gasteiger partial charge in [0.2, 0.25) is 11.8 Å². The number of carboxylic acids is 1. The molecule has 1 rings (SSSR count). The van der Waals surface area contributed by atoms with Crippen molar-refractivity contribution in [2.45, 2.75) is 65.0 Å². The SMILES string of the molecule is CC(CC(=O)NC(C)C(C)C(=O)O)NC(=O)C1CCCC1. The maximum absolute atomic E-state index is 11.9. The normalized spacial score (nSPS) is 19.6. The summed E-state index contributed by atoms with van der Waals surface area (Å²) in [7, 11) is 0. The molecule has 21 heavy (non-hydrogen) atoms. The predicted octanol–water partition coefficient (Wildman–Crippen LogP) is 1.30. The molecule has 0 aromatic rings. The van der Waals surface area contributed by atoms with Gasteiger partial charge >= 0.3 is 5.97 Å². The third kappa shape index (κ3) is 5.73. The van der Waals surface area contributed by atoms with Crippen molar-refractivity contribution in [2.24, 2.45) is 11.8 Å². The fourth-order valence-electron chi connectivity index (χ4n) is 2.53. The van der Waals surface area contributed by atoms with E-state index >= 15 is 0 Å². The topological polar surface area (TPSA) is 95.5 Å². The van der Waals surface area contributed by atoms with Gasteiger partial charge in [0.1, 0.15) is 0 Å². The number of rotatable bonds is 7. The van der Waals surface area contributed by atoms with Crippen LogP contribution in [0.1, 0.15) is 52.9 Å². The molecule has 0 aromatic heterocycles. The van der Waals surface area contributed by atoms with Gasteiger partial charge in [-0.15, -0.1) is 0 Å². The number of hydrogen-bond acceptors (Lipinski definition) is 3. The first-order valence-electron chi connectivity index (χ1n) is 7.63. The highest BCUT2D eigenvalue weighted by Crippen LogP contribution is 2.24. The van der Waals surface area contributed by atoms with Gasteiger partial charge in [-0.05, 0) is 33.6 Å². The van der Waals surface area contributed by atoms with E-state index in [1.54, 1.807) is 20.8 Å². The van der Waals surface area contributed by atoms with Crippen molar-refractivity contribution in [1.82, 2.24) is 10.6 Å². The van der Waals surface area contributed by atoms with Crippen molar-refractivity contribution in [3.8, 4) is 0 Å². The standard InChI is InChI=1S/C15H26N2O4/c1-9(16-14(19)12-6-4-5-7-12)8-13(18)17-11(3)10(2)15(20)21/h9-12H,4-8H2,1-3H3,(H,16,19)(H,17,18)(H,20,21). The first-order valence-corrected chi connectivity index (χ1v) is 7.63. The van der Waals surface area contributed by atoms with Crippen molar-refractivity contribution >= 4 is 17.8 Å². The number of carboxylic acid groups (broad SMARTS) is 1. The van der Waals surface area contributed by atoms with Crippen molar-refractivity contribution in [3.63, 3.8) is 0 Å². The number of carbonyl (C=O) groups excluding carboxylic acids is 2. The van der Waals surface area contributed by atoms with E-state index in [9.17, 15) is 14.4 Å². The second kappa shape index (κ2) is 8.00. The summed E-state index contributed by atoms with van der Waals surface area (Å²) in [5, 5.41) is 14.4. The van der Waals surface area contributed by atoms with E-state index in [1.165, 1.54) is 0 Å². The molecule has 1 aliphatic rings. The molecule has 3 atom stereocenters. The second-order valence-electron chi connectivity index (χ2n) is 6.08. The molecule has 0 saturated heterocycles. The van der Waals surface area contributed by atoms with Gasteiger partial charge in [0.05, 0.1) is 5.92 Å². The molecule has 1 saturated carbocycles. The Labute approximate surface area is 125 Å². The van der Waals surface area contributed by atoms with E-state index in [4.69, 9.17) is 5.11 Å². The van der Waals surface area contributed by atoms with Crippen LogP contribution in [0.25, 0.3) is 0 Å². The molecule has 0 spiro atoms. The van der Waals surface area contributed by atoms with Crippen LogP contribution in [0.5, 0.6) is 0 Å². The zero-order valence-corrected chi connectivity index (χ0v) is 13.0. The van der Waals surface area contributed by atoms with Crippen LogP contribution < -0.4 is 10.6 Å². The summed E-state index contributed by atoms with van der Waals surface area (Å²) in [6.45, 7) is 5.01. The van der Waals surface area contributed by atoms with Crippen molar-refractivity contribution in [2.75, 3.05) is 0 Å². The Morgan fingerprint density at radius 1 is 1.10 bits per heavy atom. The van der Waals surface area contributed by atoms with Gasteiger partial charge in [-0.25, -0.2) is 0 Å². The number of aliphatic carboxylic acids is 1. The molecule has 0 bridgehead atoms. The first kappa shape index (κ1) is 17.5. The maximum Gasteiger partial charge on any atom is 0.308 e.